The van der Waals surface area contributed by atoms with E-state index >= 15 is 0 Å². The van der Waals surface area contributed by atoms with Crippen molar-refractivity contribution in [3.8, 4) is 5.75 Å². The first-order valence-electron chi connectivity index (χ1n) is 7.29. The maximum Gasteiger partial charge on any atom is 0.164 e. The average molecular weight is 296 g/mol. The van der Waals surface area contributed by atoms with E-state index in [-0.39, 0.29) is 0 Å². The lowest BCUT2D eigenvalue weighted by molar-refractivity contribution is 0.199. The van der Waals surface area contributed by atoms with E-state index < -0.39 is 0 Å². The monoisotopic (exact) mass is 296 g/mol. The fraction of sp³-hybridized carbons (Fsp3) is 0.667. The van der Waals surface area contributed by atoms with Crippen molar-refractivity contribution in [1.82, 2.24) is 20.0 Å². The minimum Gasteiger partial charge on any atom is -0.493 e. The topological polar surface area (TPSA) is 51.5 Å². The summed E-state index contributed by atoms with van der Waals surface area (Å²) in [5.41, 5.74) is 1.02. The van der Waals surface area contributed by atoms with E-state index in [4.69, 9.17) is 9.47 Å². The summed E-state index contributed by atoms with van der Waals surface area (Å²) in [6, 6.07) is 0. The maximum atomic E-state index is 5.36. The summed E-state index contributed by atoms with van der Waals surface area (Å²) < 4.78 is 12.3. The third-order valence-electron chi connectivity index (χ3n) is 3.07. The Balaban J connectivity index is 2.49. The minimum atomic E-state index is 0.745. The second-order valence-corrected chi connectivity index (χ2v) is 5.06. The van der Waals surface area contributed by atoms with Gasteiger partial charge >= 0.3 is 0 Å². The highest BCUT2D eigenvalue weighted by Gasteiger charge is 2.08. The zero-order chi connectivity index (χ0) is 15.5. The van der Waals surface area contributed by atoms with E-state index in [0.29, 0.717) is 0 Å². The molecular formula is C15H28N4O2. The molecule has 0 aromatic carbocycles. The fourth-order valence-electron chi connectivity index (χ4n) is 1.86. The Kier molecular flexibility index (Phi) is 8.73. The molecule has 1 N–H and O–H groups in total. The minimum absolute atomic E-state index is 0.745. The van der Waals surface area contributed by atoms with Crippen molar-refractivity contribution in [3.63, 3.8) is 0 Å². The molecule has 0 atom stereocenters. The molecule has 1 rings (SSSR count). The fourth-order valence-corrected chi connectivity index (χ4v) is 1.86. The SMILES string of the molecule is COCCNCC/C=C/c1c(OC)cnn1CCN(C)C. The van der Waals surface area contributed by atoms with Crippen LogP contribution in [0.3, 0.4) is 0 Å². The molecule has 0 amide bonds. The van der Waals surface area contributed by atoms with Gasteiger partial charge in [0.15, 0.2) is 5.75 Å². The van der Waals surface area contributed by atoms with Gasteiger partial charge in [-0.1, -0.05) is 6.08 Å². The van der Waals surface area contributed by atoms with E-state index in [1.807, 2.05) is 4.68 Å². The number of nitrogens with one attached hydrogen (secondary N) is 1. The largest absolute Gasteiger partial charge is 0.493 e. The Morgan fingerprint density at radius 1 is 1.33 bits per heavy atom. The van der Waals surface area contributed by atoms with Crippen molar-refractivity contribution in [3.05, 3.63) is 18.0 Å². The molecule has 0 aliphatic rings. The summed E-state index contributed by atoms with van der Waals surface area (Å²) in [6.07, 6.45) is 6.96. The summed E-state index contributed by atoms with van der Waals surface area (Å²) in [6.45, 7) is 4.36. The van der Waals surface area contributed by atoms with Crippen molar-refractivity contribution < 1.29 is 9.47 Å². The lowest BCUT2D eigenvalue weighted by Gasteiger charge is -2.11. The molecule has 21 heavy (non-hydrogen) atoms. The Morgan fingerprint density at radius 3 is 2.81 bits per heavy atom. The van der Waals surface area contributed by atoms with Gasteiger partial charge in [0.1, 0.15) is 5.69 Å². The van der Waals surface area contributed by atoms with Crippen LogP contribution in [0.2, 0.25) is 0 Å². The third kappa shape index (κ3) is 6.75. The van der Waals surface area contributed by atoms with Crippen molar-refractivity contribution >= 4 is 6.08 Å². The van der Waals surface area contributed by atoms with Gasteiger partial charge in [-0.2, -0.15) is 5.10 Å². The molecule has 1 aromatic rings. The Labute approximate surface area is 127 Å². The van der Waals surface area contributed by atoms with Crippen molar-refractivity contribution in [2.24, 2.45) is 0 Å². The molecule has 0 aliphatic heterocycles. The molecule has 0 saturated carbocycles. The maximum absolute atomic E-state index is 5.36. The molecule has 0 spiro atoms. The van der Waals surface area contributed by atoms with Crippen LogP contribution < -0.4 is 10.1 Å². The Bertz CT molecular complexity index is 416. The molecule has 1 heterocycles. The Hall–Kier alpha value is -1.37. The van der Waals surface area contributed by atoms with E-state index in [1.165, 1.54) is 0 Å². The zero-order valence-corrected chi connectivity index (χ0v) is 13.6. The number of nitrogens with zero attached hydrogens (tertiary/aromatic N) is 3. The molecule has 0 saturated heterocycles. The summed E-state index contributed by atoms with van der Waals surface area (Å²) >= 11 is 0. The second kappa shape index (κ2) is 10.4. The van der Waals surface area contributed by atoms with Gasteiger partial charge in [0.05, 0.1) is 26.5 Å². The van der Waals surface area contributed by atoms with Gasteiger partial charge in [-0.05, 0) is 33.1 Å². The van der Waals surface area contributed by atoms with Gasteiger partial charge < -0.3 is 19.7 Å². The molecule has 6 heteroatoms. The molecule has 0 radical (unpaired) electrons. The van der Waals surface area contributed by atoms with Crippen molar-refractivity contribution in [2.75, 3.05) is 54.6 Å². The molecular weight excluding hydrogens is 268 g/mol. The number of rotatable bonds is 11. The summed E-state index contributed by atoms with van der Waals surface area (Å²) in [7, 11) is 7.50. The summed E-state index contributed by atoms with van der Waals surface area (Å²) in [5, 5.41) is 7.69. The van der Waals surface area contributed by atoms with E-state index in [2.05, 4.69) is 41.6 Å². The first-order chi connectivity index (χ1) is 10.2. The molecule has 0 bridgehead atoms. The van der Waals surface area contributed by atoms with E-state index in [0.717, 1.165) is 50.7 Å². The number of aromatic nitrogens is 2. The van der Waals surface area contributed by atoms with Crippen LogP contribution in [0.15, 0.2) is 12.3 Å². The van der Waals surface area contributed by atoms with Gasteiger partial charge in [0, 0.05) is 20.2 Å². The van der Waals surface area contributed by atoms with Crippen LogP contribution in [0.1, 0.15) is 12.1 Å². The molecule has 1 aromatic heterocycles. The number of hydrogen-bond donors (Lipinski definition) is 1. The molecule has 0 unspecified atom stereocenters. The van der Waals surface area contributed by atoms with Crippen LogP contribution in [0.5, 0.6) is 5.75 Å². The smallest absolute Gasteiger partial charge is 0.164 e. The highest BCUT2D eigenvalue weighted by atomic mass is 16.5. The van der Waals surface area contributed by atoms with Crippen LogP contribution in [0.25, 0.3) is 6.08 Å². The lowest BCUT2D eigenvalue weighted by atomic mass is 10.3. The normalized spacial score (nSPS) is 11.7. The standard InChI is InChI=1S/C15H28N4O2/c1-18(2)10-11-19-14(15(21-4)13-17-19)7-5-6-8-16-9-12-20-3/h5,7,13,16H,6,8-12H2,1-4H3/b7-5+. The van der Waals surface area contributed by atoms with Crippen LogP contribution in [0.4, 0.5) is 0 Å². The van der Waals surface area contributed by atoms with Crippen molar-refractivity contribution in [2.45, 2.75) is 13.0 Å². The van der Waals surface area contributed by atoms with Gasteiger partial charge in [0.25, 0.3) is 0 Å². The zero-order valence-electron chi connectivity index (χ0n) is 13.6. The molecule has 0 fully saturated rings. The Morgan fingerprint density at radius 2 is 2.14 bits per heavy atom. The summed E-state index contributed by atoms with van der Waals surface area (Å²) in [5.74, 6) is 0.817. The third-order valence-corrected chi connectivity index (χ3v) is 3.07. The first-order valence-corrected chi connectivity index (χ1v) is 7.29. The van der Waals surface area contributed by atoms with Crippen LogP contribution in [-0.2, 0) is 11.3 Å². The molecule has 0 aliphatic carbocycles. The highest BCUT2D eigenvalue weighted by Crippen LogP contribution is 2.19. The van der Waals surface area contributed by atoms with E-state index in [1.54, 1.807) is 20.4 Å². The second-order valence-electron chi connectivity index (χ2n) is 5.06. The quantitative estimate of drug-likeness (QED) is 0.620. The van der Waals surface area contributed by atoms with Gasteiger partial charge in [-0.25, -0.2) is 0 Å². The number of ether oxygens (including phenoxy) is 2. The highest BCUT2D eigenvalue weighted by molar-refractivity contribution is 5.52. The van der Waals surface area contributed by atoms with Crippen LogP contribution >= 0.6 is 0 Å². The number of likely N-dealkylation sites (N-methyl/N-ethyl adjacent to an activating group) is 1. The lowest BCUT2D eigenvalue weighted by Crippen LogP contribution is -2.20. The first kappa shape index (κ1) is 17.7. The van der Waals surface area contributed by atoms with Crippen molar-refractivity contribution in [1.29, 1.82) is 0 Å². The van der Waals surface area contributed by atoms with Crippen LogP contribution in [0, 0.1) is 0 Å². The van der Waals surface area contributed by atoms with Crippen LogP contribution in [-0.4, -0.2) is 69.2 Å². The van der Waals surface area contributed by atoms with Gasteiger partial charge in [-0.3, -0.25) is 4.68 Å². The molecule has 120 valence electrons. The molecule has 6 nitrogen and oxygen atoms in total. The van der Waals surface area contributed by atoms with Gasteiger partial charge in [0.2, 0.25) is 0 Å². The van der Waals surface area contributed by atoms with Gasteiger partial charge in [-0.15, -0.1) is 0 Å². The van der Waals surface area contributed by atoms with E-state index in [9.17, 15) is 0 Å². The predicted molar refractivity (Wildman–Crippen MR) is 85.7 cm³/mol. The average Bonchev–Trinajstić information content (AvgIpc) is 2.86. The predicted octanol–water partition coefficient (Wildman–Crippen LogP) is 1.09. The number of methoxy groups -OCH3 is 2. The summed E-state index contributed by atoms with van der Waals surface area (Å²) in [4.78, 5) is 2.14. The number of hydrogen-bond acceptors (Lipinski definition) is 5.